The molecule has 5 aromatic rings. The van der Waals surface area contributed by atoms with Crippen molar-refractivity contribution in [3.05, 3.63) is 114 Å². The second-order valence-electron chi connectivity index (χ2n) is 7.00. The molecule has 1 aromatic heterocycles. The quantitative estimate of drug-likeness (QED) is 0.378. The van der Waals surface area contributed by atoms with Gasteiger partial charge in [0.1, 0.15) is 5.58 Å². The van der Waals surface area contributed by atoms with Gasteiger partial charge in [0.25, 0.3) is 5.91 Å². The normalized spacial score (nSPS) is 10.9. The molecule has 0 radical (unpaired) electrons. The molecule has 0 atom stereocenters. The first kappa shape index (κ1) is 17.9. The highest BCUT2D eigenvalue weighted by molar-refractivity contribution is 6.16. The Balaban J connectivity index is 1.49. The molecule has 0 bridgehead atoms. The number of furan rings is 1. The summed E-state index contributed by atoms with van der Waals surface area (Å²) in [5, 5.41) is 5.82. The molecule has 1 N–H and O–H groups in total. The number of hydrogen-bond acceptors (Lipinski definition) is 3. The van der Waals surface area contributed by atoms with Crippen molar-refractivity contribution in [2.45, 2.75) is 0 Å². The average molecular weight is 391 g/mol. The number of ketones is 1. The highest BCUT2D eigenvalue weighted by Crippen LogP contribution is 2.29. The highest BCUT2D eigenvalue weighted by atomic mass is 16.3. The fraction of sp³-hybridized carbons (Fsp3) is 0. The summed E-state index contributed by atoms with van der Waals surface area (Å²) in [6.45, 7) is 0. The third kappa shape index (κ3) is 3.14. The van der Waals surface area contributed by atoms with Gasteiger partial charge in [-0.05, 0) is 35.0 Å². The van der Waals surface area contributed by atoms with Crippen LogP contribution < -0.4 is 5.32 Å². The average Bonchev–Trinajstić information content (AvgIpc) is 3.25. The second-order valence-corrected chi connectivity index (χ2v) is 7.00. The molecule has 1 amide bonds. The van der Waals surface area contributed by atoms with Crippen LogP contribution in [-0.4, -0.2) is 11.7 Å². The summed E-state index contributed by atoms with van der Waals surface area (Å²) >= 11 is 0. The summed E-state index contributed by atoms with van der Waals surface area (Å²) in [5.74, 6) is -0.353. The number of fused-ring (bicyclic) bond motifs is 3. The Hall–Kier alpha value is -4.18. The first-order valence-corrected chi connectivity index (χ1v) is 9.62. The van der Waals surface area contributed by atoms with Crippen LogP contribution in [0.3, 0.4) is 0 Å². The van der Waals surface area contributed by atoms with Crippen molar-refractivity contribution in [1.82, 2.24) is 0 Å². The second kappa shape index (κ2) is 7.33. The number of hydrogen-bond donors (Lipinski definition) is 1. The third-order valence-electron chi connectivity index (χ3n) is 5.11. The van der Waals surface area contributed by atoms with Gasteiger partial charge in [-0.1, -0.05) is 72.8 Å². The molecule has 0 saturated heterocycles. The van der Waals surface area contributed by atoms with Crippen molar-refractivity contribution in [2.75, 3.05) is 5.32 Å². The number of rotatable bonds is 4. The lowest BCUT2D eigenvalue weighted by Gasteiger charge is -2.09. The van der Waals surface area contributed by atoms with Gasteiger partial charge in [0.05, 0.1) is 5.69 Å². The Bertz CT molecular complexity index is 1400. The molecule has 0 unspecified atom stereocenters. The molecular weight excluding hydrogens is 374 g/mol. The molecule has 4 heteroatoms. The summed E-state index contributed by atoms with van der Waals surface area (Å²) in [5.41, 5.74) is 2.09. The first-order valence-electron chi connectivity index (χ1n) is 9.62. The first-order chi connectivity index (χ1) is 14.7. The molecule has 5 rings (SSSR count). The van der Waals surface area contributed by atoms with Crippen molar-refractivity contribution in [3.8, 4) is 0 Å². The van der Waals surface area contributed by atoms with Crippen LogP contribution in [0.4, 0.5) is 5.69 Å². The van der Waals surface area contributed by atoms with E-state index in [1.54, 1.807) is 42.5 Å². The number of anilines is 1. The predicted molar refractivity (Wildman–Crippen MR) is 118 cm³/mol. The number of para-hydroxylation sites is 1. The molecule has 144 valence electrons. The molecule has 1 heterocycles. The highest BCUT2D eigenvalue weighted by Gasteiger charge is 2.18. The minimum absolute atomic E-state index is 0.151. The molecule has 0 aliphatic heterocycles. The van der Waals surface area contributed by atoms with Crippen LogP contribution in [0, 0.1) is 0 Å². The molecule has 0 aliphatic carbocycles. The van der Waals surface area contributed by atoms with Crippen molar-refractivity contribution in [1.29, 1.82) is 0 Å². The summed E-state index contributed by atoms with van der Waals surface area (Å²) in [7, 11) is 0. The lowest BCUT2D eigenvalue weighted by Crippen LogP contribution is -2.14. The summed E-state index contributed by atoms with van der Waals surface area (Å²) < 4.78 is 5.80. The molecule has 0 spiro atoms. The zero-order valence-electron chi connectivity index (χ0n) is 16.0. The van der Waals surface area contributed by atoms with E-state index in [9.17, 15) is 9.59 Å². The van der Waals surface area contributed by atoms with Crippen LogP contribution >= 0.6 is 0 Å². The largest absolute Gasteiger partial charge is 0.451 e. The van der Waals surface area contributed by atoms with Crippen LogP contribution in [0.25, 0.3) is 21.7 Å². The lowest BCUT2D eigenvalue weighted by molar-refractivity contribution is 0.0998. The van der Waals surface area contributed by atoms with Gasteiger partial charge in [0.2, 0.25) is 0 Å². The SMILES string of the molecule is O=C(Nc1ccccc1C(=O)c1ccccc1)c1cc2c(ccc3ccccc32)o1. The summed E-state index contributed by atoms with van der Waals surface area (Å²) in [6, 6.07) is 29.5. The third-order valence-corrected chi connectivity index (χ3v) is 5.11. The zero-order valence-corrected chi connectivity index (χ0v) is 16.0. The van der Waals surface area contributed by atoms with Crippen molar-refractivity contribution >= 4 is 39.1 Å². The number of amides is 1. The number of benzene rings is 4. The molecule has 4 aromatic carbocycles. The minimum atomic E-state index is -0.399. The molecule has 0 saturated carbocycles. The monoisotopic (exact) mass is 391 g/mol. The molecular formula is C26H17NO3. The van der Waals surface area contributed by atoms with Crippen LogP contribution in [0.1, 0.15) is 26.5 Å². The maximum absolute atomic E-state index is 12.9. The van der Waals surface area contributed by atoms with Gasteiger partial charge in [-0.2, -0.15) is 0 Å². The standard InChI is InChI=1S/C26H17NO3/c28-25(18-9-2-1-3-10-18)20-12-6-7-13-22(20)27-26(29)24-16-21-19-11-5-4-8-17(19)14-15-23(21)30-24/h1-16H,(H,27,29). The van der Waals surface area contributed by atoms with Gasteiger partial charge >= 0.3 is 0 Å². The van der Waals surface area contributed by atoms with Crippen LogP contribution in [0.15, 0.2) is 101 Å². The summed E-state index contributed by atoms with van der Waals surface area (Å²) in [4.78, 5) is 25.8. The predicted octanol–water partition coefficient (Wildman–Crippen LogP) is 6.07. The maximum Gasteiger partial charge on any atom is 0.291 e. The van der Waals surface area contributed by atoms with E-state index < -0.39 is 5.91 Å². The van der Waals surface area contributed by atoms with Gasteiger partial charge in [-0.25, -0.2) is 0 Å². The Labute approximate surface area is 172 Å². The van der Waals surface area contributed by atoms with E-state index in [1.165, 1.54) is 0 Å². The van der Waals surface area contributed by atoms with E-state index in [4.69, 9.17) is 4.42 Å². The van der Waals surface area contributed by atoms with Crippen LogP contribution in [-0.2, 0) is 0 Å². The van der Waals surface area contributed by atoms with Gasteiger partial charge in [0.15, 0.2) is 11.5 Å². The van der Waals surface area contributed by atoms with Crippen LogP contribution in [0.2, 0.25) is 0 Å². The van der Waals surface area contributed by atoms with Crippen LogP contribution in [0.5, 0.6) is 0 Å². The van der Waals surface area contributed by atoms with E-state index in [0.717, 1.165) is 16.2 Å². The number of carbonyl (C=O) groups is 2. The molecule has 0 aliphatic rings. The molecule has 30 heavy (non-hydrogen) atoms. The van der Waals surface area contributed by atoms with E-state index in [1.807, 2.05) is 54.6 Å². The van der Waals surface area contributed by atoms with E-state index in [0.29, 0.717) is 22.4 Å². The Morgan fingerprint density at radius 3 is 2.30 bits per heavy atom. The Kier molecular flexibility index (Phi) is 4.37. The van der Waals surface area contributed by atoms with Crippen molar-refractivity contribution in [3.63, 3.8) is 0 Å². The minimum Gasteiger partial charge on any atom is -0.451 e. The Morgan fingerprint density at radius 1 is 0.700 bits per heavy atom. The fourth-order valence-electron chi connectivity index (χ4n) is 3.62. The molecule has 4 nitrogen and oxygen atoms in total. The number of nitrogens with one attached hydrogen (secondary N) is 1. The van der Waals surface area contributed by atoms with Gasteiger partial charge < -0.3 is 9.73 Å². The lowest BCUT2D eigenvalue weighted by atomic mass is 10.0. The van der Waals surface area contributed by atoms with E-state index in [-0.39, 0.29) is 11.5 Å². The smallest absolute Gasteiger partial charge is 0.291 e. The van der Waals surface area contributed by atoms with Gasteiger partial charge in [-0.15, -0.1) is 0 Å². The topological polar surface area (TPSA) is 59.3 Å². The van der Waals surface area contributed by atoms with Crippen molar-refractivity contribution < 1.29 is 14.0 Å². The zero-order chi connectivity index (χ0) is 20.5. The van der Waals surface area contributed by atoms with Gasteiger partial charge in [-0.3, -0.25) is 9.59 Å². The van der Waals surface area contributed by atoms with E-state index in [2.05, 4.69) is 5.32 Å². The van der Waals surface area contributed by atoms with E-state index >= 15 is 0 Å². The van der Waals surface area contributed by atoms with Gasteiger partial charge in [0, 0.05) is 16.5 Å². The maximum atomic E-state index is 12.9. The van der Waals surface area contributed by atoms with Crippen molar-refractivity contribution in [2.24, 2.45) is 0 Å². The molecule has 0 fully saturated rings. The Morgan fingerprint density at radius 2 is 1.43 bits per heavy atom. The number of carbonyl (C=O) groups excluding carboxylic acids is 2. The fourth-order valence-corrected chi connectivity index (χ4v) is 3.62. The summed E-state index contributed by atoms with van der Waals surface area (Å²) in [6.07, 6.45) is 0.